The number of unbranched alkanes of at least 4 members (excludes halogenated alkanes) is 1. The monoisotopic (exact) mass is 279 g/mol. The molecule has 1 aromatic rings. The number of hydrogen-bond acceptors (Lipinski definition) is 3. The van der Waals surface area contributed by atoms with Gasteiger partial charge in [-0.2, -0.15) is 0 Å². The third-order valence-electron chi connectivity index (χ3n) is 3.13. The highest BCUT2D eigenvalue weighted by atomic mass is 16.5. The van der Waals surface area contributed by atoms with Crippen molar-refractivity contribution >= 4 is 11.9 Å². The molecule has 110 valence electrons. The first-order valence-corrected chi connectivity index (χ1v) is 6.70. The van der Waals surface area contributed by atoms with E-state index in [4.69, 9.17) is 9.84 Å². The summed E-state index contributed by atoms with van der Waals surface area (Å²) in [7, 11) is 1.48. The molecule has 0 saturated carbocycles. The molecule has 20 heavy (non-hydrogen) atoms. The quantitative estimate of drug-likeness (QED) is 0.778. The Morgan fingerprint density at radius 3 is 2.40 bits per heavy atom. The number of hydrogen-bond donors (Lipinski definition) is 1. The number of benzene rings is 1. The number of carbonyl (C=O) groups excluding carboxylic acids is 1. The van der Waals surface area contributed by atoms with Crippen LogP contribution in [0.15, 0.2) is 24.3 Å². The van der Waals surface area contributed by atoms with Crippen LogP contribution in [0.5, 0.6) is 5.75 Å². The smallest absolute Gasteiger partial charge is 0.326 e. The number of carbonyl (C=O) groups is 2. The van der Waals surface area contributed by atoms with E-state index in [0.29, 0.717) is 17.9 Å². The fourth-order valence-electron chi connectivity index (χ4n) is 1.57. The molecule has 0 fully saturated rings. The Bertz CT molecular complexity index is 455. The molecule has 1 rings (SSSR count). The molecule has 0 spiro atoms. The highest BCUT2D eigenvalue weighted by Gasteiger charge is 2.22. The van der Waals surface area contributed by atoms with Crippen LogP contribution in [0.2, 0.25) is 0 Å². The highest BCUT2D eigenvalue weighted by molar-refractivity contribution is 5.96. The van der Waals surface area contributed by atoms with Crippen molar-refractivity contribution in [1.29, 1.82) is 0 Å². The van der Waals surface area contributed by atoms with Gasteiger partial charge in [-0.1, -0.05) is 13.3 Å². The van der Waals surface area contributed by atoms with Gasteiger partial charge in [-0.25, -0.2) is 4.79 Å². The number of aliphatic carboxylic acids is 1. The van der Waals surface area contributed by atoms with Crippen molar-refractivity contribution in [3.8, 4) is 5.75 Å². The maximum absolute atomic E-state index is 12.1. The molecular formula is C15H21NO4. The third-order valence-corrected chi connectivity index (χ3v) is 3.13. The van der Waals surface area contributed by atoms with Crippen LogP contribution in [0.25, 0.3) is 0 Å². The summed E-state index contributed by atoms with van der Waals surface area (Å²) in [6.07, 6.45) is 2.05. The molecule has 0 aliphatic carbocycles. The van der Waals surface area contributed by atoms with Gasteiger partial charge in [0.1, 0.15) is 11.8 Å². The Morgan fingerprint density at radius 2 is 1.90 bits per heavy atom. The minimum Gasteiger partial charge on any atom is -0.494 e. The largest absolute Gasteiger partial charge is 0.494 e. The summed E-state index contributed by atoms with van der Waals surface area (Å²) in [5.41, 5.74) is 0.448. The van der Waals surface area contributed by atoms with Gasteiger partial charge >= 0.3 is 5.97 Å². The molecule has 1 N–H and O–H groups in total. The molecule has 0 aliphatic heterocycles. The van der Waals surface area contributed by atoms with Gasteiger partial charge in [0.25, 0.3) is 5.91 Å². The molecule has 1 amide bonds. The predicted molar refractivity (Wildman–Crippen MR) is 76.0 cm³/mol. The molecule has 0 bridgehead atoms. The van der Waals surface area contributed by atoms with Gasteiger partial charge in [-0.05, 0) is 37.6 Å². The number of ether oxygens (including phenoxy) is 1. The SMILES string of the molecule is CCCCOc1ccc(C(=O)N(C)C(C)C(=O)O)cc1. The lowest BCUT2D eigenvalue weighted by Gasteiger charge is -2.21. The molecule has 5 nitrogen and oxygen atoms in total. The van der Waals surface area contributed by atoms with Crippen molar-refractivity contribution < 1.29 is 19.4 Å². The Morgan fingerprint density at radius 1 is 1.30 bits per heavy atom. The van der Waals surface area contributed by atoms with Gasteiger partial charge in [0.15, 0.2) is 0 Å². The third kappa shape index (κ3) is 4.26. The Kier molecular flexibility index (Phi) is 6.03. The average molecular weight is 279 g/mol. The van der Waals surface area contributed by atoms with Crippen LogP contribution in [0.4, 0.5) is 0 Å². The van der Waals surface area contributed by atoms with Gasteiger partial charge in [-0.15, -0.1) is 0 Å². The Balaban J connectivity index is 2.68. The van der Waals surface area contributed by atoms with Gasteiger partial charge < -0.3 is 14.7 Å². The minimum absolute atomic E-state index is 0.319. The van der Waals surface area contributed by atoms with E-state index in [1.807, 2.05) is 0 Å². The van der Waals surface area contributed by atoms with Crippen molar-refractivity contribution in [2.24, 2.45) is 0 Å². The molecule has 0 aliphatic rings. The number of amides is 1. The second-order valence-electron chi connectivity index (χ2n) is 4.66. The summed E-state index contributed by atoms with van der Waals surface area (Å²) < 4.78 is 5.51. The summed E-state index contributed by atoms with van der Waals surface area (Å²) in [5.74, 6) is -0.635. The zero-order chi connectivity index (χ0) is 15.1. The maximum Gasteiger partial charge on any atom is 0.326 e. The van der Waals surface area contributed by atoms with Gasteiger partial charge in [0.2, 0.25) is 0 Å². The molecule has 5 heteroatoms. The topological polar surface area (TPSA) is 66.8 Å². The van der Waals surface area contributed by atoms with Gasteiger partial charge in [0, 0.05) is 12.6 Å². The number of nitrogens with zero attached hydrogens (tertiary/aromatic N) is 1. The fourth-order valence-corrected chi connectivity index (χ4v) is 1.57. The number of carboxylic acids is 1. The molecule has 1 aromatic carbocycles. The molecule has 0 aromatic heterocycles. The van der Waals surface area contributed by atoms with Crippen molar-refractivity contribution in [2.75, 3.05) is 13.7 Å². The molecular weight excluding hydrogens is 258 g/mol. The van der Waals surface area contributed by atoms with E-state index < -0.39 is 12.0 Å². The highest BCUT2D eigenvalue weighted by Crippen LogP contribution is 2.14. The van der Waals surface area contributed by atoms with Crippen LogP contribution in [0, 0.1) is 0 Å². The summed E-state index contributed by atoms with van der Waals surface area (Å²) in [4.78, 5) is 24.2. The maximum atomic E-state index is 12.1. The lowest BCUT2D eigenvalue weighted by atomic mass is 10.1. The lowest BCUT2D eigenvalue weighted by molar-refractivity contribution is -0.141. The first-order valence-electron chi connectivity index (χ1n) is 6.70. The fraction of sp³-hybridized carbons (Fsp3) is 0.467. The van der Waals surface area contributed by atoms with Crippen LogP contribution < -0.4 is 4.74 Å². The zero-order valence-electron chi connectivity index (χ0n) is 12.1. The van der Waals surface area contributed by atoms with Crippen LogP contribution in [-0.2, 0) is 4.79 Å². The van der Waals surface area contributed by atoms with Crippen molar-refractivity contribution in [2.45, 2.75) is 32.7 Å². The van der Waals surface area contributed by atoms with Crippen molar-refractivity contribution in [3.05, 3.63) is 29.8 Å². The van der Waals surface area contributed by atoms with E-state index in [2.05, 4.69) is 6.92 Å². The number of likely N-dealkylation sites (N-methyl/N-ethyl adjacent to an activating group) is 1. The van der Waals surface area contributed by atoms with Crippen molar-refractivity contribution in [1.82, 2.24) is 4.90 Å². The van der Waals surface area contributed by atoms with E-state index in [1.54, 1.807) is 24.3 Å². The first kappa shape index (κ1) is 16.0. The summed E-state index contributed by atoms with van der Waals surface area (Å²) in [6, 6.07) is 5.89. The summed E-state index contributed by atoms with van der Waals surface area (Å²) in [6.45, 7) is 4.22. The second kappa shape index (κ2) is 7.53. The Hall–Kier alpha value is -2.04. The standard InChI is InChI=1S/C15H21NO4/c1-4-5-10-20-13-8-6-12(7-9-13)14(17)16(3)11(2)15(18)19/h6-9,11H,4-5,10H2,1-3H3,(H,18,19). The number of rotatable bonds is 7. The zero-order valence-corrected chi connectivity index (χ0v) is 12.1. The molecule has 0 heterocycles. The van der Waals surface area contributed by atoms with E-state index in [0.717, 1.165) is 12.8 Å². The second-order valence-corrected chi connectivity index (χ2v) is 4.66. The molecule has 1 unspecified atom stereocenters. The van der Waals surface area contributed by atoms with Crippen LogP contribution >= 0.6 is 0 Å². The Labute approximate surface area is 119 Å². The average Bonchev–Trinajstić information content (AvgIpc) is 2.46. The first-order chi connectivity index (χ1) is 9.47. The van der Waals surface area contributed by atoms with Crippen LogP contribution in [0.1, 0.15) is 37.0 Å². The minimum atomic E-state index is -1.03. The predicted octanol–water partition coefficient (Wildman–Crippen LogP) is 2.41. The molecule has 0 radical (unpaired) electrons. The van der Waals surface area contributed by atoms with Crippen molar-refractivity contribution in [3.63, 3.8) is 0 Å². The number of carboxylic acid groups (broad SMARTS) is 1. The van der Waals surface area contributed by atoms with E-state index in [9.17, 15) is 9.59 Å². The van der Waals surface area contributed by atoms with E-state index in [1.165, 1.54) is 18.9 Å². The van der Waals surface area contributed by atoms with E-state index >= 15 is 0 Å². The molecule has 0 saturated heterocycles. The summed E-state index contributed by atoms with van der Waals surface area (Å²) >= 11 is 0. The summed E-state index contributed by atoms with van der Waals surface area (Å²) in [5, 5.41) is 8.90. The van der Waals surface area contributed by atoms with Gasteiger partial charge in [0.05, 0.1) is 6.61 Å². The van der Waals surface area contributed by atoms with E-state index in [-0.39, 0.29) is 5.91 Å². The lowest BCUT2D eigenvalue weighted by Crippen LogP contribution is -2.40. The van der Waals surface area contributed by atoms with Crippen LogP contribution in [0.3, 0.4) is 0 Å². The normalized spacial score (nSPS) is 11.8. The van der Waals surface area contributed by atoms with Gasteiger partial charge in [-0.3, -0.25) is 4.79 Å². The van der Waals surface area contributed by atoms with Crippen LogP contribution in [-0.4, -0.2) is 41.6 Å². The molecule has 1 atom stereocenters.